The number of piperidine rings is 1. The number of carboxylic acid groups (broad SMARTS) is 1. The quantitative estimate of drug-likeness (QED) is 0.727. The highest BCUT2D eigenvalue weighted by Gasteiger charge is 2.29. The van der Waals surface area contributed by atoms with Crippen molar-refractivity contribution in [3.8, 4) is 0 Å². The maximum Gasteiger partial charge on any atom is 0.337 e. The SMILES string of the molecule is Cc1cc(C)cc(C(=O)N2CCC(NS(=O)(=O)c3ccc(Cl)cc3C(=O)O)CC2)c1. The Labute approximate surface area is 180 Å². The number of nitrogens with zero attached hydrogens (tertiary/aromatic N) is 1. The Hall–Kier alpha value is -2.42. The minimum Gasteiger partial charge on any atom is -0.478 e. The van der Waals surface area contributed by atoms with Crippen LogP contribution in [0.3, 0.4) is 0 Å². The van der Waals surface area contributed by atoms with Crippen molar-refractivity contribution >= 4 is 33.5 Å². The molecule has 2 N–H and O–H groups in total. The smallest absolute Gasteiger partial charge is 0.337 e. The third kappa shape index (κ3) is 5.00. The van der Waals surface area contributed by atoms with Gasteiger partial charge in [-0.25, -0.2) is 17.9 Å². The highest BCUT2D eigenvalue weighted by Crippen LogP contribution is 2.23. The van der Waals surface area contributed by atoms with Crippen molar-refractivity contribution in [1.82, 2.24) is 9.62 Å². The Kier molecular flexibility index (Phi) is 6.50. The van der Waals surface area contributed by atoms with E-state index in [-0.39, 0.29) is 21.4 Å². The van der Waals surface area contributed by atoms with Crippen molar-refractivity contribution in [1.29, 1.82) is 0 Å². The number of sulfonamides is 1. The fourth-order valence-corrected chi connectivity index (χ4v) is 5.32. The molecule has 0 aromatic heterocycles. The van der Waals surface area contributed by atoms with Gasteiger partial charge in [0.25, 0.3) is 5.91 Å². The predicted molar refractivity (Wildman–Crippen MR) is 114 cm³/mol. The van der Waals surface area contributed by atoms with Crippen LogP contribution in [-0.4, -0.2) is 49.4 Å². The average molecular weight is 451 g/mol. The van der Waals surface area contributed by atoms with Crippen LogP contribution in [0.1, 0.15) is 44.7 Å². The van der Waals surface area contributed by atoms with Gasteiger partial charge in [0.15, 0.2) is 0 Å². The number of nitrogens with one attached hydrogen (secondary N) is 1. The first kappa shape index (κ1) is 22.3. The van der Waals surface area contributed by atoms with Crippen LogP contribution in [0.5, 0.6) is 0 Å². The van der Waals surface area contributed by atoms with Gasteiger partial charge >= 0.3 is 5.97 Å². The lowest BCUT2D eigenvalue weighted by Gasteiger charge is -2.32. The molecule has 1 fully saturated rings. The van der Waals surface area contributed by atoms with Crippen molar-refractivity contribution in [2.45, 2.75) is 37.6 Å². The first-order valence-electron chi connectivity index (χ1n) is 9.49. The summed E-state index contributed by atoms with van der Waals surface area (Å²) in [6, 6.07) is 8.94. The molecule has 3 rings (SSSR count). The molecule has 1 saturated heterocycles. The number of amides is 1. The molecule has 1 aliphatic heterocycles. The number of carbonyl (C=O) groups is 2. The van der Waals surface area contributed by atoms with E-state index >= 15 is 0 Å². The number of rotatable bonds is 5. The number of likely N-dealkylation sites (tertiary alicyclic amines) is 1. The summed E-state index contributed by atoms with van der Waals surface area (Å²) >= 11 is 5.80. The van der Waals surface area contributed by atoms with E-state index in [1.165, 1.54) is 12.1 Å². The van der Waals surface area contributed by atoms with Crippen LogP contribution >= 0.6 is 11.6 Å². The first-order chi connectivity index (χ1) is 14.1. The first-order valence-corrected chi connectivity index (χ1v) is 11.4. The molecule has 9 heteroatoms. The lowest BCUT2D eigenvalue weighted by molar-refractivity contribution is 0.0687. The summed E-state index contributed by atoms with van der Waals surface area (Å²) in [6.07, 6.45) is 0.873. The van der Waals surface area contributed by atoms with E-state index < -0.39 is 22.0 Å². The van der Waals surface area contributed by atoms with Crippen LogP contribution in [0.25, 0.3) is 0 Å². The van der Waals surface area contributed by atoms with E-state index in [4.69, 9.17) is 11.6 Å². The largest absolute Gasteiger partial charge is 0.478 e. The van der Waals surface area contributed by atoms with E-state index in [1.54, 1.807) is 4.90 Å². The third-order valence-electron chi connectivity index (χ3n) is 5.03. The third-order valence-corrected chi connectivity index (χ3v) is 6.85. The summed E-state index contributed by atoms with van der Waals surface area (Å²) in [5.74, 6) is -1.44. The van der Waals surface area contributed by atoms with Gasteiger partial charge in [-0.15, -0.1) is 0 Å². The van der Waals surface area contributed by atoms with Crippen molar-refractivity contribution in [2.75, 3.05) is 13.1 Å². The molecule has 160 valence electrons. The molecule has 1 heterocycles. The summed E-state index contributed by atoms with van der Waals surface area (Å²) in [7, 11) is -4.05. The molecule has 0 bridgehead atoms. The molecule has 2 aromatic carbocycles. The van der Waals surface area contributed by atoms with Crippen molar-refractivity contribution in [3.05, 3.63) is 63.7 Å². The molecule has 2 aromatic rings. The normalized spacial score (nSPS) is 15.2. The number of hydrogen-bond donors (Lipinski definition) is 2. The van der Waals surface area contributed by atoms with Crippen molar-refractivity contribution in [2.24, 2.45) is 0 Å². The second-order valence-corrected chi connectivity index (χ2v) is 9.63. The van der Waals surface area contributed by atoms with Gasteiger partial charge in [0.05, 0.1) is 10.5 Å². The second-order valence-electron chi connectivity index (χ2n) is 7.51. The van der Waals surface area contributed by atoms with Gasteiger partial charge in [-0.2, -0.15) is 0 Å². The number of benzene rings is 2. The fraction of sp³-hybridized carbons (Fsp3) is 0.333. The molecule has 0 unspecified atom stereocenters. The molecular formula is C21H23ClN2O5S. The minimum atomic E-state index is -4.05. The minimum absolute atomic E-state index is 0.0750. The Balaban J connectivity index is 1.68. The number of halogens is 1. The fourth-order valence-electron chi connectivity index (χ4n) is 3.67. The van der Waals surface area contributed by atoms with Gasteiger partial charge in [-0.1, -0.05) is 28.8 Å². The van der Waals surface area contributed by atoms with Gasteiger partial charge < -0.3 is 10.0 Å². The lowest BCUT2D eigenvalue weighted by atomic mass is 10.0. The highest BCUT2D eigenvalue weighted by molar-refractivity contribution is 7.89. The lowest BCUT2D eigenvalue weighted by Crippen LogP contribution is -2.46. The Morgan fingerprint density at radius 1 is 1.07 bits per heavy atom. The number of aryl methyl sites for hydroxylation is 2. The second kappa shape index (κ2) is 8.75. The summed E-state index contributed by atoms with van der Waals surface area (Å²) in [5.41, 5.74) is 2.27. The zero-order chi connectivity index (χ0) is 22.1. The molecule has 1 aliphatic rings. The zero-order valence-electron chi connectivity index (χ0n) is 16.7. The van der Waals surface area contributed by atoms with Gasteiger partial charge in [0.1, 0.15) is 0 Å². The van der Waals surface area contributed by atoms with E-state index in [9.17, 15) is 23.1 Å². The monoisotopic (exact) mass is 450 g/mol. The number of carbonyl (C=O) groups excluding carboxylic acids is 1. The van der Waals surface area contributed by atoms with E-state index in [1.807, 2.05) is 32.0 Å². The number of carboxylic acids is 1. The molecule has 0 aliphatic carbocycles. The molecule has 0 atom stereocenters. The predicted octanol–water partition coefficient (Wildman–Crippen LogP) is 3.24. The van der Waals surface area contributed by atoms with Gasteiger partial charge in [0, 0.05) is 29.7 Å². The number of hydrogen-bond acceptors (Lipinski definition) is 4. The van der Waals surface area contributed by atoms with Gasteiger partial charge in [0.2, 0.25) is 10.0 Å². The van der Waals surface area contributed by atoms with Gasteiger partial charge in [-0.3, -0.25) is 4.79 Å². The molecule has 0 saturated carbocycles. The Morgan fingerprint density at radius 3 is 2.23 bits per heavy atom. The Bertz CT molecular complexity index is 1070. The summed E-state index contributed by atoms with van der Waals surface area (Å²) in [5, 5.41) is 9.45. The molecular weight excluding hydrogens is 428 g/mol. The molecule has 0 radical (unpaired) electrons. The molecule has 0 spiro atoms. The topological polar surface area (TPSA) is 104 Å². The van der Waals surface area contributed by atoms with Gasteiger partial charge in [-0.05, 0) is 57.0 Å². The maximum absolute atomic E-state index is 12.8. The van der Waals surface area contributed by atoms with Crippen LogP contribution in [0.4, 0.5) is 0 Å². The van der Waals surface area contributed by atoms with E-state index in [2.05, 4.69) is 4.72 Å². The standard InChI is InChI=1S/C21H23ClN2O5S/c1-13-9-14(2)11-15(10-13)20(25)24-7-5-17(6-8-24)23-30(28,29)19-4-3-16(22)12-18(19)21(26)27/h3-4,9-12,17,23H,5-8H2,1-2H3,(H,26,27). The Morgan fingerprint density at radius 2 is 1.67 bits per heavy atom. The highest BCUT2D eigenvalue weighted by atomic mass is 35.5. The summed E-state index contributed by atoms with van der Waals surface area (Å²) in [6.45, 7) is 4.69. The van der Waals surface area contributed by atoms with E-state index in [0.29, 0.717) is 31.5 Å². The van der Waals surface area contributed by atoms with Crippen LogP contribution in [0.15, 0.2) is 41.3 Å². The molecule has 1 amide bonds. The maximum atomic E-state index is 12.8. The summed E-state index contributed by atoms with van der Waals surface area (Å²) < 4.78 is 28.1. The van der Waals surface area contributed by atoms with Crippen LogP contribution in [-0.2, 0) is 10.0 Å². The van der Waals surface area contributed by atoms with Crippen molar-refractivity contribution < 1.29 is 23.1 Å². The van der Waals surface area contributed by atoms with Crippen LogP contribution in [0, 0.1) is 13.8 Å². The molecule has 7 nitrogen and oxygen atoms in total. The van der Waals surface area contributed by atoms with E-state index in [0.717, 1.165) is 17.2 Å². The number of aromatic carboxylic acids is 1. The molecule has 30 heavy (non-hydrogen) atoms. The van der Waals surface area contributed by atoms with Crippen LogP contribution in [0.2, 0.25) is 5.02 Å². The zero-order valence-corrected chi connectivity index (χ0v) is 18.3. The summed E-state index contributed by atoms with van der Waals surface area (Å²) in [4.78, 5) is 25.6. The average Bonchev–Trinajstić information content (AvgIpc) is 2.66. The van der Waals surface area contributed by atoms with Crippen LogP contribution < -0.4 is 4.72 Å². The van der Waals surface area contributed by atoms with Crippen molar-refractivity contribution in [3.63, 3.8) is 0 Å².